The molecule has 2 aromatic rings. The first-order valence-electron chi connectivity index (χ1n) is 10.3. The van der Waals surface area contributed by atoms with E-state index in [1.165, 1.54) is 0 Å². The Balaban J connectivity index is 1.60. The normalized spacial score (nSPS) is 15.0. The summed E-state index contributed by atoms with van der Waals surface area (Å²) >= 11 is 0. The van der Waals surface area contributed by atoms with Gasteiger partial charge in [0.15, 0.2) is 0 Å². The Morgan fingerprint density at radius 1 is 1.03 bits per heavy atom. The van der Waals surface area contributed by atoms with Gasteiger partial charge < -0.3 is 20.1 Å². The van der Waals surface area contributed by atoms with Crippen molar-refractivity contribution >= 4 is 17.7 Å². The zero-order valence-electron chi connectivity index (χ0n) is 18.1. The van der Waals surface area contributed by atoms with Gasteiger partial charge in [0.25, 0.3) is 0 Å². The molecule has 2 N–H and O–H groups in total. The van der Waals surface area contributed by atoms with Gasteiger partial charge in [-0.05, 0) is 81.5 Å². The molecule has 0 bridgehead atoms. The van der Waals surface area contributed by atoms with Gasteiger partial charge in [0.05, 0.1) is 5.56 Å². The van der Waals surface area contributed by atoms with Crippen LogP contribution >= 0.6 is 0 Å². The second-order valence-electron chi connectivity index (χ2n) is 8.85. The number of nitrogens with one attached hydrogen (secondary N) is 1. The van der Waals surface area contributed by atoms with Crippen molar-refractivity contribution in [1.82, 2.24) is 5.32 Å². The van der Waals surface area contributed by atoms with Crippen molar-refractivity contribution in [3.63, 3.8) is 0 Å². The minimum absolute atomic E-state index is 0.122. The second kappa shape index (κ2) is 8.78. The van der Waals surface area contributed by atoms with Crippen LogP contribution in [0.2, 0.25) is 0 Å². The first-order chi connectivity index (χ1) is 14.1. The van der Waals surface area contributed by atoms with E-state index >= 15 is 0 Å². The van der Waals surface area contributed by atoms with Gasteiger partial charge in [0.2, 0.25) is 0 Å². The van der Waals surface area contributed by atoms with E-state index in [0.717, 1.165) is 48.3 Å². The Labute approximate surface area is 177 Å². The lowest BCUT2D eigenvalue weighted by Crippen LogP contribution is -2.46. The van der Waals surface area contributed by atoms with Crippen LogP contribution in [0.4, 0.5) is 10.5 Å². The maximum absolute atomic E-state index is 12.0. The van der Waals surface area contributed by atoms with Gasteiger partial charge in [-0.1, -0.05) is 18.2 Å². The number of anilines is 1. The molecule has 0 aromatic heterocycles. The van der Waals surface area contributed by atoms with Gasteiger partial charge in [-0.25, -0.2) is 9.59 Å². The average Bonchev–Trinajstić information content (AvgIpc) is 2.67. The summed E-state index contributed by atoms with van der Waals surface area (Å²) in [5.41, 5.74) is 3.75. The van der Waals surface area contributed by atoms with Gasteiger partial charge in [-0.15, -0.1) is 0 Å². The van der Waals surface area contributed by atoms with Crippen molar-refractivity contribution in [3.8, 4) is 11.1 Å². The molecule has 1 aliphatic heterocycles. The van der Waals surface area contributed by atoms with Crippen LogP contribution < -0.4 is 10.2 Å². The predicted octanol–water partition coefficient (Wildman–Crippen LogP) is 4.85. The summed E-state index contributed by atoms with van der Waals surface area (Å²) in [6.07, 6.45) is 1.37. The highest BCUT2D eigenvalue weighted by Gasteiger charge is 2.23. The maximum atomic E-state index is 12.0. The molecule has 1 amide bonds. The average molecular weight is 411 g/mol. The molecule has 160 valence electrons. The van der Waals surface area contributed by atoms with E-state index in [4.69, 9.17) is 4.74 Å². The number of carboxylic acid groups (broad SMARTS) is 1. The largest absolute Gasteiger partial charge is 0.478 e. The number of benzene rings is 2. The third-order valence-electron chi connectivity index (χ3n) is 5.11. The number of ether oxygens (including phenoxy) is 1. The lowest BCUT2D eigenvalue weighted by Gasteiger charge is -2.34. The van der Waals surface area contributed by atoms with E-state index < -0.39 is 11.6 Å². The van der Waals surface area contributed by atoms with Crippen LogP contribution in [0, 0.1) is 6.92 Å². The number of aromatic carboxylic acids is 1. The summed E-state index contributed by atoms with van der Waals surface area (Å²) in [6, 6.07) is 13.7. The third-order valence-corrected chi connectivity index (χ3v) is 5.11. The molecule has 30 heavy (non-hydrogen) atoms. The van der Waals surface area contributed by atoms with Gasteiger partial charge in [-0.3, -0.25) is 0 Å². The quantitative estimate of drug-likeness (QED) is 0.753. The Hall–Kier alpha value is -3.02. The van der Waals surface area contributed by atoms with Gasteiger partial charge in [-0.2, -0.15) is 0 Å². The SMILES string of the molecule is Cc1cc(C(=O)O)cc(-c2ccc(N3CCC(NC(=O)OC(C)(C)C)CC3)cc2)c1. The lowest BCUT2D eigenvalue weighted by atomic mass is 9.99. The first kappa shape index (κ1) is 21.7. The molecule has 1 aliphatic rings. The van der Waals surface area contributed by atoms with Crippen molar-refractivity contribution in [1.29, 1.82) is 0 Å². The zero-order valence-corrected chi connectivity index (χ0v) is 18.1. The number of rotatable bonds is 4. The number of carbonyl (C=O) groups is 2. The molecule has 3 rings (SSSR count). The zero-order chi connectivity index (χ0) is 21.9. The van der Waals surface area contributed by atoms with Gasteiger partial charge in [0, 0.05) is 24.8 Å². The third kappa shape index (κ3) is 5.75. The maximum Gasteiger partial charge on any atom is 0.407 e. The summed E-state index contributed by atoms with van der Waals surface area (Å²) in [7, 11) is 0. The summed E-state index contributed by atoms with van der Waals surface area (Å²) in [6.45, 7) is 9.19. The number of aryl methyl sites for hydroxylation is 1. The molecule has 1 heterocycles. The molecular formula is C24H30N2O4. The fraction of sp³-hybridized carbons (Fsp3) is 0.417. The van der Waals surface area contributed by atoms with Crippen LogP contribution in [-0.2, 0) is 4.74 Å². The summed E-state index contributed by atoms with van der Waals surface area (Å²) < 4.78 is 5.34. The van der Waals surface area contributed by atoms with E-state index in [-0.39, 0.29) is 12.1 Å². The fourth-order valence-electron chi connectivity index (χ4n) is 3.69. The second-order valence-corrected chi connectivity index (χ2v) is 8.85. The van der Waals surface area contributed by atoms with Crippen LogP contribution in [0.3, 0.4) is 0 Å². The molecule has 6 nitrogen and oxygen atoms in total. The molecule has 0 saturated carbocycles. The van der Waals surface area contributed by atoms with Crippen LogP contribution in [0.25, 0.3) is 11.1 Å². The van der Waals surface area contributed by atoms with E-state index in [1.807, 2.05) is 45.9 Å². The Morgan fingerprint density at radius 2 is 1.67 bits per heavy atom. The number of amides is 1. The Bertz CT molecular complexity index is 908. The van der Waals surface area contributed by atoms with Crippen molar-refractivity contribution in [2.24, 2.45) is 0 Å². The van der Waals surface area contributed by atoms with Crippen molar-refractivity contribution < 1.29 is 19.4 Å². The van der Waals surface area contributed by atoms with Crippen molar-refractivity contribution in [2.75, 3.05) is 18.0 Å². The van der Waals surface area contributed by atoms with Gasteiger partial charge >= 0.3 is 12.1 Å². The molecule has 2 aromatic carbocycles. The Morgan fingerprint density at radius 3 is 2.23 bits per heavy atom. The van der Waals surface area contributed by atoms with Crippen molar-refractivity contribution in [3.05, 3.63) is 53.6 Å². The highest BCUT2D eigenvalue weighted by atomic mass is 16.6. The fourth-order valence-corrected chi connectivity index (χ4v) is 3.69. The summed E-state index contributed by atoms with van der Waals surface area (Å²) in [4.78, 5) is 25.6. The number of hydrogen-bond donors (Lipinski definition) is 2. The van der Waals surface area contributed by atoms with Gasteiger partial charge in [0.1, 0.15) is 5.60 Å². The summed E-state index contributed by atoms with van der Waals surface area (Å²) in [5, 5.41) is 12.2. The first-order valence-corrected chi connectivity index (χ1v) is 10.3. The standard InChI is InChI=1S/C24H30N2O4/c1-16-13-18(15-19(14-16)22(27)28)17-5-7-21(8-6-17)26-11-9-20(10-12-26)25-23(29)30-24(2,3)4/h5-8,13-15,20H,9-12H2,1-4H3,(H,25,29)(H,27,28). The van der Waals surface area contributed by atoms with Crippen LogP contribution in [0.1, 0.15) is 49.5 Å². The molecule has 0 aliphatic carbocycles. The minimum Gasteiger partial charge on any atom is -0.478 e. The number of carboxylic acids is 1. The topological polar surface area (TPSA) is 78.9 Å². The number of carbonyl (C=O) groups excluding carboxylic acids is 1. The number of alkyl carbamates (subject to hydrolysis) is 1. The number of piperidine rings is 1. The molecule has 6 heteroatoms. The highest BCUT2D eigenvalue weighted by molar-refractivity contribution is 5.89. The molecule has 1 fully saturated rings. The lowest BCUT2D eigenvalue weighted by molar-refractivity contribution is 0.0496. The molecule has 0 atom stereocenters. The highest BCUT2D eigenvalue weighted by Crippen LogP contribution is 2.27. The minimum atomic E-state index is -0.917. The Kier molecular flexibility index (Phi) is 6.34. The van der Waals surface area contributed by atoms with E-state index in [2.05, 4.69) is 22.3 Å². The van der Waals surface area contributed by atoms with E-state index in [1.54, 1.807) is 12.1 Å². The van der Waals surface area contributed by atoms with Crippen LogP contribution in [0.5, 0.6) is 0 Å². The molecule has 1 saturated heterocycles. The molecule has 0 radical (unpaired) electrons. The number of nitrogens with zero attached hydrogens (tertiary/aromatic N) is 1. The van der Waals surface area contributed by atoms with Crippen LogP contribution in [-0.4, -0.2) is 41.9 Å². The van der Waals surface area contributed by atoms with E-state index in [9.17, 15) is 14.7 Å². The summed E-state index contributed by atoms with van der Waals surface area (Å²) in [5.74, 6) is -0.917. The van der Waals surface area contributed by atoms with E-state index in [0.29, 0.717) is 5.56 Å². The molecular weight excluding hydrogens is 380 g/mol. The monoisotopic (exact) mass is 410 g/mol. The predicted molar refractivity (Wildman–Crippen MR) is 118 cm³/mol. The van der Waals surface area contributed by atoms with Crippen LogP contribution in [0.15, 0.2) is 42.5 Å². The molecule has 0 spiro atoms. The number of hydrogen-bond acceptors (Lipinski definition) is 4. The smallest absolute Gasteiger partial charge is 0.407 e. The van der Waals surface area contributed by atoms with Crippen molar-refractivity contribution in [2.45, 2.75) is 52.2 Å². The molecule has 0 unspecified atom stereocenters.